The topological polar surface area (TPSA) is 59.1 Å². The van der Waals surface area contributed by atoms with Crippen molar-refractivity contribution in [2.75, 3.05) is 4.72 Å². The smallest absolute Gasteiger partial charge is 0.263 e. The first-order valence-electron chi connectivity index (χ1n) is 6.44. The molecule has 118 valence electrons. The molecular formula is C15H10Cl2N2O2S2. The van der Waals surface area contributed by atoms with Crippen LogP contribution in [0.2, 0.25) is 10.0 Å². The van der Waals surface area contributed by atoms with E-state index >= 15 is 0 Å². The fourth-order valence-corrected chi connectivity index (χ4v) is 4.52. The van der Waals surface area contributed by atoms with Crippen LogP contribution in [0.3, 0.4) is 0 Å². The number of anilines is 1. The highest BCUT2D eigenvalue weighted by Crippen LogP contribution is 2.29. The molecule has 0 amide bonds. The monoisotopic (exact) mass is 384 g/mol. The van der Waals surface area contributed by atoms with Gasteiger partial charge in [0.1, 0.15) is 9.90 Å². The van der Waals surface area contributed by atoms with Crippen LogP contribution in [0.25, 0.3) is 10.6 Å². The highest BCUT2D eigenvalue weighted by molar-refractivity contribution is 7.92. The summed E-state index contributed by atoms with van der Waals surface area (Å²) in [5, 5.41) is 2.80. The third-order valence-corrected chi connectivity index (χ3v) is 5.91. The van der Waals surface area contributed by atoms with Crippen LogP contribution in [-0.2, 0) is 10.0 Å². The standard InChI is InChI=1S/C15H10Cl2N2O2S2/c16-11-6-7-13(12(17)8-11)23(20,21)19-14-9-22-15(18-14)10-4-2-1-3-5-10/h1-9,19H. The first kappa shape index (κ1) is 16.3. The summed E-state index contributed by atoms with van der Waals surface area (Å²) in [6.07, 6.45) is 0. The minimum atomic E-state index is -3.83. The molecule has 3 rings (SSSR count). The van der Waals surface area contributed by atoms with Crippen LogP contribution in [0.1, 0.15) is 0 Å². The lowest BCUT2D eigenvalue weighted by Crippen LogP contribution is -2.13. The van der Waals surface area contributed by atoms with E-state index in [0.29, 0.717) is 5.02 Å². The summed E-state index contributed by atoms with van der Waals surface area (Å²) >= 11 is 13.1. The van der Waals surface area contributed by atoms with Gasteiger partial charge in [-0.05, 0) is 18.2 Å². The maximum atomic E-state index is 12.4. The van der Waals surface area contributed by atoms with E-state index in [1.54, 1.807) is 5.38 Å². The van der Waals surface area contributed by atoms with Gasteiger partial charge < -0.3 is 0 Å². The van der Waals surface area contributed by atoms with Gasteiger partial charge in [0.25, 0.3) is 10.0 Å². The van der Waals surface area contributed by atoms with Gasteiger partial charge in [-0.2, -0.15) is 0 Å². The molecule has 0 unspecified atom stereocenters. The van der Waals surface area contributed by atoms with Crippen LogP contribution < -0.4 is 4.72 Å². The maximum Gasteiger partial charge on any atom is 0.264 e. The summed E-state index contributed by atoms with van der Waals surface area (Å²) in [7, 11) is -3.83. The van der Waals surface area contributed by atoms with Crippen molar-refractivity contribution >= 4 is 50.4 Å². The molecule has 0 spiro atoms. The number of nitrogens with one attached hydrogen (secondary N) is 1. The molecule has 0 atom stereocenters. The van der Waals surface area contributed by atoms with E-state index in [0.717, 1.165) is 10.6 Å². The Morgan fingerprint density at radius 1 is 1.04 bits per heavy atom. The van der Waals surface area contributed by atoms with Crippen molar-refractivity contribution in [3.63, 3.8) is 0 Å². The number of thiazole rings is 1. The van der Waals surface area contributed by atoms with Crippen LogP contribution in [0, 0.1) is 0 Å². The molecule has 2 aromatic carbocycles. The Bertz CT molecular complexity index is 941. The number of hydrogen-bond acceptors (Lipinski definition) is 4. The molecule has 23 heavy (non-hydrogen) atoms. The highest BCUT2D eigenvalue weighted by atomic mass is 35.5. The molecule has 0 saturated heterocycles. The molecule has 0 bridgehead atoms. The second-order valence-electron chi connectivity index (χ2n) is 4.58. The largest absolute Gasteiger partial charge is 0.264 e. The normalized spacial score (nSPS) is 11.4. The first-order chi connectivity index (χ1) is 11.0. The van der Waals surface area contributed by atoms with Gasteiger partial charge in [-0.15, -0.1) is 11.3 Å². The van der Waals surface area contributed by atoms with Crippen molar-refractivity contribution in [1.29, 1.82) is 0 Å². The Morgan fingerprint density at radius 2 is 1.78 bits per heavy atom. The second kappa shape index (κ2) is 6.49. The van der Waals surface area contributed by atoms with Crippen LogP contribution in [0.5, 0.6) is 0 Å². The summed E-state index contributed by atoms with van der Waals surface area (Å²) < 4.78 is 27.2. The molecule has 0 aliphatic rings. The molecule has 0 fully saturated rings. The zero-order valence-electron chi connectivity index (χ0n) is 11.5. The van der Waals surface area contributed by atoms with Crippen molar-refractivity contribution in [2.45, 2.75) is 4.90 Å². The van der Waals surface area contributed by atoms with Crippen LogP contribution in [0.15, 0.2) is 58.8 Å². The van der Waals surface area contributed by atoms with E-state index in [2.05, 4.69) is 9.71 Å². The number of sulfonamides is 1. The van der Waals surface area contributed by atoms with E-state index in [-0.39, 0.29) is 15.7 Å². The van der Waals surface area contributed by atoms with Crippen LogP contribution in [-0.4, -0.2) is 13.4 Å². The first-order valence-corrected chi connectivity index (χ1v) is 9.56. The molecule has 0 aliphatic heterocycles. The van der Waals surface area contributed by atoms with Crippen molar-refractivity contribution in [1.82, 2.24) is 4.98 Å². The fraction of sp³-hybridized carbons (Fsp3) is 0. The predicted octanol–water partition coefficient (Wildman–Crippen LogP) is 4.92. The van der Waals surface area contributed by atoms with Gasteiger partial charge in [-0.3, -0.25) is 4.72 Å². The highest BCUT2D eigenvalue weighted by Gasteiger charge is 2.19. The molecule has 1 aromatic heterocycles. The van der Waals surface area contributed by atoms with Crippen LogP contribution in [0.4, 0.5) is 5.82 Å². The fourth-order valence-electron chi connectivity index (χ4n) is 1.92. The number of aromatic nitrogens is 1. The third kappa shape index (κ3) is 3.67. The van der Waals surface area contributed by atoms with Gasteiger partial charge in [0.2, 0.25) is 0 Å². The third-order valence-electron chi connectivity index (χ3n) is 2.95. The molecule has 0 saturated carbocycles. The van der Waals surface area contributed by atoms with Gasteiger partial charge in [-0.25, -0.2) is 13.4 Å². The minimum Gasteiger partial charge on any atom is -0.263 e. The van der Waals surface area contributed by atoms with Crippen LogP contribution >= 0.6 is 34.5 Å². The maximum absolute atomic E-state index is 12.4. The molecule has 3 aromatic rings. The lowest BCUT2D eigenvalue weighted by Gasteiger charge is -2.07. The second-order valence-corrected chi connectivity index (χ2v) is 7.94. The van der Waals surface area contributed by atoms with Crippen molar-refractivity contribution in [2.24, 2.45) is 0 Å². The van der Waals surface area contributed by atoms with Gasteiger partial charge in [0.05, 0.1) is 5.02 Å². The Labute approximate surface area is 147 Å². The van der Waals surface area contributed by atoms with Crippen molar-refractivity contribution < 1.29 is 8.42 Å². The summed E-state index contributed by atoms with van der Waals surface area (Å²) in [5.41, 5.74) is 0.924. The van der Waals surface area contributed by atoms with Crippen molar-refractivity contribution in [3.05, 3.63) is 64.0 Å². The zero-order valence-corrected chi connectivity index (χ0v) is 14.7. The Balaban J connectivity index is 1.88. The number of benzene rings is 2. The summed E-state index contributed by atoms with van der Waals surface area (Å²) in [5.74, 6) is 0.250. The minimum absolute atomic E-state index is 0.0437. The van der Waals surface area contributed by atoms with Gasteiger partial charge >= 0.3 is 0 Å². The molecule has 1 heterocycles. The van der Waals surface area contributed by atoms with E-state index in [4.69, 9.17) is 23.2 Å². The molecule has 4 nitrogen and oxygen atoms in total. The number of nitrogens with zero attached hydrogens (tertiary/aromatic N) is 1. The number of halogens is 2. The number of hydrogen-bond donors (Lipinski definition) is 1. The van der Waals surface area contributed by atoms with Gasteiger partial charge in [-0.1, -0.05) is 53.5 Å². The lowest BCUT2D eigenvalue weighted by molar-refractivity contribution is 0.601. The van der Waals surface area contributed by atoms with Gasteiger partial charge in [0, 0.05) is 16.0 Å². The molecule has 8 heteroatoms. The van der Waals surface area contributed by atoms with E-state index < -0.39 is 10.0 Å². The van der Waals surface area contributed by atoms with E-state index in [1.165, 1.54) is 29.5 Å². The van der Waals surface area contributed by atoms with Gasteiger partial charge in [0.15, 0.2) is 5.82 Å². The summed E-state index contributed by atoms with van der Waals surface area (Å²) in [6, 6.07) is 13.7. The molecule has 0 aliphatic carbocycles. The Morgan fingerprint density at radius 3 is 2.48 bits per heavy atom. The molecule has 1 N–H and O–H groups in total. The average molecular weight is 385 g/mol. The lowest BCUT2D eigenvalue weighted by atomic mass is 10.2. The Hall–Kier alpha value is -1.60. The average Bonchev–Trinajstić information content (AvgIpc) is 2.95. The SMILES string of the molecule is O=S(=O)(Nc1csc(-c2ccccc2)n1)c1ccc(Cl)cc1Cl. The quantitative estimate of drug-likeness (QED) is 0.694. The predicted molar refractivity (Wildman–Crippen MR) is 94.8 cm³/mol. The Kier molecular flexibility index (Phi) is 4.59. The summed E-state index contributed by atoms with van der Waals surface area (Å²) in [4.78, 5) is 4.25. The van der Waals surface area contributed by atoms with E-state index in [9.17, 15) is 8.42 Å². The van der Waals surface area contributed by atoms with Crippen molar-refractivity contribution in [3.8, 4) is 10.6 Å². The van der Waals surface area contributed by atoms with E-state index in [1.807, 2.05) is 30.3 Å². The zero-order chi connectivity index (χ0) is 16.4. The molecular weight excluding hydrogens is 375 g/mol. The molecule has 0 radical (unpaired) electrons. The summed E-state index contributed by atoms with van der Waals surface area (Å²) in [6.45, 7) is 0. The number of rotatable bonds is 4.